The van der Waals surface area contributed by atoms with Crippen molar-refractivity contribution < 1.29 is 9.53 Å². The molecule has 4 rings (SSSR count). The highest BCUT2D eigenvalue weighted by Gasteiger charge is 2.21. The molecule has 0 aliphatic carbocycles. The van der Waals surface area contributed by atoms with E-state index in [1.165, 1.54) is 23.3 Å². The van der Waals surface area contributed by atoms with Crippen molar-refractivity contribution in [1.82, 2.24) is 4.98 Å². The summed E-state index contributed by atoms with van der Waals surface area (Å²) in [7, 11) is 0. The van der Waals surface area contributed by atoms with Crippen LogP contribution < -0.4 is 9.64 Å². The van der Waals surface area contributed by atoms with Crippen LogP contribution in [0.25, 0.3) is 10.4 Å². The van der Waals surface area contributed by atoms with Crippen molar-refractivity contribution in [1.29, 1.82) is 0 Å². The molecular formula is C24H26N2O2S. The van der Waals surface area contributed by atoms with Crippen LogP contribution in [0.15, 0.2) is 60.8 Å². The van der Waals surface area contributed by atoms with Gasteiger partial charge in [0.25, 0.3) is 0 Å². The maximum absolute atomic E-state index is 10.7. The van der Waals surface area contributed by atoms with Crippen molar-refractivity contribution >= 4 is 22.8 Å². The summed E-state index contributed by atoms with van der Waals surface area (Å²) >= 11 is 1.78. The molecule has 0 spiro atoms. The first-order chi connectivity index (χ1) is 14.3. The third kappa shape index (κ3) is 5.24. The first-order valence-corrected chi connectivity index (χ1v) is 11.0. The van der Waals surface area contributed by atoms with E-state index in [-0.39, 0.29) is 0 Å². The molecule has 2 heterocycles. The van der Waals surface area contributed by atoms with Gasteiger partial charge in [-0.15, -0.1) is 0 Å². The predicted molar refractivity (Wildman–Crippen MR) is 119 cm³/mol. The largest absolute Gasteiger partial charge is 0.494 e. The van der Waals surface area contributed by atoms with Gasteiger partial charge in [0.15, 0.2) is 5.13 Å². The van der Waals surface area contributed by atoms with Crippen LogP contribution in [0.3, 0.4) is 0 Å². The average Bonchev–Trinajstić information content (AvgIpc) is 3.26. The Morgan fingerprint density at radius 2 is 1.93 bits per heavy atom. The van der Waals surface area contributed by atoms with Gasteiger partial charge in [-0.25, -0.2) is 4.98 Å². The standard InChI is InChI=1S/C24H26N2O2S/c27-15-11-20-5-4-8-22(17-20)28-16-12-19-9-13-26(14-10-19)24-25-18-23(29-24)21-6-2-1-3-7-21/h1-8,15,17-19H,9-14,16H2. The summed E-state index contributed by atoms with van der Waals surface area (Å²) in [6.07, 6.45) is 6.78. The van der Waals surface area contributed by atoms with Gasteiger partial charge in [0, 0.05) is 25.7 Å². The molecule has 4 nitrogen and oxygen atoms in total. The van der Waals surface area contributed by atoms with E-state index in [2.05, 4.69) is 34.1 Å². The van der Waals surface area contributed by atoms with Crippen molar-refractivity contribution in [3.05, 3.63) is 66.4 Å². The molecule has 0 radical (unpaired) electrons. The molecule has 1 aromatic heterocycles. The summed E-state index contributed by atoms with van der Waals surface area (Å²) in [5.41, 5.74) is 2.24. The quantitative estimate of drug-likeness (QED) is 0.480. The van der Waals surface area contributed by atoms with Crippen LogP contribution in [0.1, 0.15) is 24.8 Å². The second-order valence-electron chi connectivity index (χ2n) is 7.46. The number of hydrogen-bond acceptors (Lipinski definition) is 5. The van der Waals surface area contributed by atoms with Gasteiger partial charge in [-0.05, 0) is 48.4 Å². The Labute approximate surface area is 176 Å². The van der Waals surface area contributed by atoms with E-state index >= 15 is 0 Å². The molecule has 1 saturated heterocycles. The number of aldehydes is 1. The fourth-order valence-corrected chi connectivity index (χ4v) is 4.73. The van der Waals surface area contributed by atoms with Crippen molar-refractivity contribution in [2.24, 2.45) is 5.92 Å². The first kappa shape index (κ1) is 19.6. The lowest BCUT2D eigenvalue weighted by molar-refractivity contribution is -0.107. The maximum atomic E-state index is 10.7. The Morgan fingerprint density at radius 1 is 1.10 bits per heavy atom. The number of ether oxygens (including phenoxy) is 1. The van der Waals surface area contributed by atoms with E-state index in [0.29, 0.717) is 12.3 Å². The van der Waals surface area contributed by atoms with E-state index in [1.54, 1.807) is 11.3 Å². The molecule has 0 unspecified atom stereocenters. The predicted octanol–water partition coefficient (Wildman–Crippen LogP) is 5.24. The Balaban J connectivity index is 1.23. The minimum absolute atomic E-state index is 0.443. The lowest BCUT2D eigenvalue weighted by Crippen LogP contribution is -2.34. The van der Waals surface area contributed by atoms with Crippen molar-refractivity contribution in [3.63, 3.8) is 0 Å². The minimum Gasteiger partial charge on any atom is -0.494 e. The second-order valence-corrected chi connectivity index (χ2v) is 8.47. The molecule has 0 atom stereocenters. The molecule has 1 aliphatic rings. The zero-order valence-electron chi connectivity index (χ0n) is 16.5. The highest BCUT2D eigenvalue weighted by molar-refractivity contribution is 7.18. The third-order valence-corrected chi connectivity index (χ3v) is 6.56. The van der Waals surface area contributed by atoms with E-state index in [0.717, 1.165) is 48.8 Å². The van der Waals surface area contributed by atoms with Crippen LogP contribution in [0.2, 0.25) is 0 Å². The summed E-state index contributed by atoms with van der Waals surface area (Å²) in [5, 5.41) is 1.13. The molecule has 1 aliphatic heterocycles. The zero-order chi connectivity index (χ0) is 19.9. The molecule has 0 bridgehead atoms. The summed E-state index contributed by atoms with van der Waals surface area (Å²) in [6, 6.07) is 18.3. The van der Waals surface area contributed by atoms with E-state index in [1.807, 2.05) is 36.5 Å². The van der Waals surface area contributed by atoms with Gasteiger partial charge in [-0.2, -0.15) is 0 Å². The third-order valence-electron chi connectivity index (χ3n) is 5.45. The van der Waals surface area contributed by atoms with Crippen LogP contribution in [0.5, 0.6) is 5.75 Å². The molecule has 1 fully saturated rings. The van der Waals surface area contributed by atoms with Crippen LogP contribution >= 0.6 is 11.3 Å². The maximum Gasteiger partial charge on any atom is 0.185 e. The lowest BCUT2D eigenvalue weighted by Gasteiger charge is -2.31. The van der Waals surface area contributed by atoms with Crippen LogP contribution in [0.4, 0.5) is 5.13 Å². The average molecular weight is 407 g/mol. The van der Waals surface area contributed by atoms with Crippen LogP contribution in [0, 0.1) is 5.92 Å². The number of benzene rings is 2. The number of anilines is 1. The lowest BCUT2D eigenvalue weighted by atomic mass is 9.94. The van der Waals surface area contributed by atoms with Gasteiger partial charge in [0.1, 0.15) is 12.0 Å². The van der Waals surface area contributed by atoms with Crippen molar-refractivity contribution in [2.45, 2.75) is 25.7 Å². The Hall–Kier alpha value is -2.66. The van der Waals surface area contributed by atoms with Gasteiger partial charge in [-0.3, -0.25) is 0 Å². The van der Waals surface area contributed by atoms with Gasteiger partial charge < -0.3 is 14.4 Å². The highest BCUT2D eigenvalue weighted by atomic mass is 32.1. The molecule has 5 heteroatoms. The second kappa shape index (κ2) is 9.70. The Morgan fingerprint density at radius 3 is 2.72 bits per heavy atom. The smallest absolute Gasteiger partial charge is 0.185 e. The van der Waals surface area contributed by atoms with Gasteiger partial charge in [-0.1, -0.05) is 53.8 Å². The van der Waals surface area contributed by atoms with Gasteiger partial charge >= 0.3 is 0 Å². The number of nitrogens with zero attached hydrogens (tertiary/aromatic N) is 2. The number of piperidine rings is 1. The van der Waals surface area contributed by atoms with Crippen LogP contribution in [-0.2, 0) is 11.2 Å². The zero-order valence-corrected chi connectivity index (χ0v) is 17.3. The normalized spacial score (nSPS) is 14.7. The number of carbonyl (C=O) groups is 1. The fourth-order valence-electron chi connectivity index (χ4n) is 3.76. The number of carbonyl (C=O) groups excluding carboxylic acids is 1. The van der Waals surface area contributed by atoms with E-state index in [4.69, 9.17) is 4.74 Å². The highest BCUT2D eigenvalue weighted by Crippen LogP contribution is 2.33. The monoisotopic (exact) mass is 406 g/mol. The molecular weight excluding hydrogens is 380 g/mol. The summed E-state index contributed by atoms with van der Waals surface area (Å²) in [5.74, 6) is 1.55. The summed E-state index contributed by atoms with van der Waals surface area (Å²) in [4.78, 5) is 19.0. The summed E-state index contributed by atoms with van der Waals surface area (Å²) in [6.45, 7) is 2.84. The molecule has 150 valence electrons. The van der Waals surface area contributed by atoms with Gasteiger partial charge in [0.2, 0.25) is 0 Å². The molecule has 0 N–H and O–H groups in total. The fraction of sp³-hybridized carbons (Fsp3) is 0.333. The SMILES string of the molecule is O=CCc1cccc(OCCC2CCN(c3ncc(-c4ccccc4)s3)CC2)c1. The van der Waals surface area contributed by atoms with Crippen molar-refractivity contribution in [2.75, 3.05) is 24.6 Å². The van der Waals surface area contributed by atoms with Gasteiger partial charge in [0.05, 0.1) is 11.5 Å². The van der Waals surface area contributed by atoms with E-state index < -0.39 is 0 Å². The first-order valence-electron chi connectivity index (χ1n) is 10.2. The molecule has 2 aromatic carbocycles. The van der Waals surface area contributed by atoms with Crippen molar-refractivity contribution in [3.8, 4) is 16.2 Å². The molecule has 29 heavy (non-hydrogen) atoms. The number of hydrogen-bond donors (Lipinski definition) is 0. The minimum atomic E-state index is 0.443. The molecule has 0 saturated carbocycles. The number of rotatable bonds is 8. The Kier molecular flexibility index (Phi) is 6.57. The van der Waals surface area contributed by atoms with Crippen LogP contribution in [-0.4, -0.2) is 31.0 Å². The topological polar surface area (TPSA) is 42.4 Å². The summed E-state index contributed by atoms with van der Waals surface area (Å²) < 4.78 is 5.92. The molecule has 0 amide bonds. The number of aromatic nitrogens is 1. The molecule has 3 aromatic rings. The number of thiazole rings is 1. The Bertz CT molecular complexity index is 917. The van der Waals surface area contributed by atoms with E-state index in [9.17, 15) is 4.79 Å².